The molecule has 0 radical (unpaired) electrons. The summed E-state index contributed by atoms with van der Waals surface area (Å²) in [6, 6.07) is 6.12. The minimum atomic E-state index is 0.110. The molecule has 1 aromatic carbocycles. The Balaban J connectivity index is 1.56. The second kappa shape index (κ2) is 8.77. The van der Waals surface area contributed by atoms with Crippen molar-refractivity contribution in [3.8, 4) is 5.75 Å². The monoisotopic (exact) mass is 372 g/mol. The number of benzene rings is 1. The van der Waals surface area contributed by atoms with Gasteiger partial charge in [-0.3, -0.25) is 9.59 Å². The van der Waals surface area contributed by atoms with E-state index in [1.165, 1.54) is 18.4 Å². The van der Waals surface area contributed by atoms with Crippen LogP contribution in [0, 0.1) is 5.92 Å². The van der Waals surface area contributed by atoms with E-state index in [4.69, 9.17) is 4.74 Å². The first kappa shape index (κ1) is 19.7. The zero-order valence-corrected chi connectivity index (χ0v) is 16.9. The van der Waals surface area contributed by atoms with Gasteiger partial charge in [-0.05, 0) is 30.4 Å². The highest BCUT2D eigenvalue weighted by atomic mass is 16.5. The molecule has 1 heterocycles. The molecule has 0 aromatic heterocycles. The third kappa shape index (κ3) is 4.63. The van der Waals surface area contributed by atoms with E-state index in [-0.39, 0.29) is 11.8 Å². The average molecular weight is 373 g/mol. The van der Waals surface area contributed by atoms with Crippen LogP contribution in [-0.2, 0) is 16.0 Å². The van der Waals surface area contributed by atoms with Crippen LogP contribution in [0.3, 0.4) is 0 Å². The molecule has 1 saturated heterocycles. The molecule has 0 N–H and O–H groups in total. The molecule has 0 unspecified atom stereocenters. The largest absolute Gasteiger partial charge is 0.496 e. The van der Waals surface area contributed by atoms with Crippen LogP contribution in [-0.4, -0.2) is 54.9 Å². The Hall–Kier alpha value is -2.04. The second-order valence-electron chi connectivity index (χ2n) is 8.09. The van der Waals surface area contributed by atoms with Gasteiger partial charge in [0.25, 0.3) is 0 Å². The summed E-state index contributed by atoms with van der Waals surface area (Å²) in [5, 5.41) is 0. The van der Waals surface area contributed by atoms with E-state index in [9.17, 15) is 9.59 Å². The van der Waals surface area contributed by atoms with Crippen LogP contribution in [0.15, 0.2) is 18.2 Å². The Morgan fingerprint density at radius 1 is 1.07 bits per heavy atom. The number of methoxy groups -OCH3 is 1. The summed E-state index contributed by atoms with van der Waals surface area (Å²) in [6.45, 7) is 6.86. The molecule has 1 saturated carbocycles. The molecule has 5 heteroatoms. The van der Waals surface area contributed by atoms with Gasteiger partial charge in [-0.15, -0.1) is 0 Å². The molecule has 5 nitrogen and oxygen atoms in total. The molecule has 1 aliphatic carbocycles. The molecule has 1 aliphatic heterocycles. The lowest BCUT2D eigenvalue weighted by Gasteiger charge is -2.36. The van der Waals surface area contributed by atoms with Gasteiger partial charge in [0, 0.05) is 37.7 Å². The van der Waals surface area contributed by atoms with Crippen LogP contribution in [0.25, 0.3) is 0 Å². The maximum absolute atomic E-state index is 12.8. The lowest BCUT2D eigenvalue weighted by atomic mass is 9.99. The molecule has 148 valence electrons. The summed E-state index contributed by atoms with van der Waals surface area (Å²) in [4.78, 5) is 29.1. The van der Waals surface area contributed by atoms with Crippen LogP contribution in [0.4, 0.5) is 0 Å². The molecule has 2 amide bonds. The zero-order valence-electron chi connectivity index (χ0n) is 16.9. The third-order valence-corrected chi connectivity index (χ3v) is 5.97. The molecule has 1 aromatic rings. The Labute approximate surface area is 162 Å². The average Bonchev–Trinajstić information content (AvgIpc) is 3.22. The van der Waals surface area contributed by atoms with Crippen LogP contribution < -0.4 is 4.74 Å². The maximum atomic E-state index is 12.8. The smallest absolute Gasteiger partial charge is 0.227 e. The molecule has 27 heavy (non-hydrogen) atoms. The van der Waals surface area contributed by atoms with Crippen molar-refractivity contribution in [3.05, 3.63) is 29.3 Å². The predicted molar refractivity (Wildman–Crippen MR) is 106 cm³/mol. The highest BCUT2D eigenvalue weighted by Gasteiger charge is 2.30. The van der Waals surface area contributed by atoms with E-state index in [0.29, 0.717) is 44.4 Å². The quantitative estimate of drug-likeness (QED) is 0.797. The van der Waals surface area contributed by atoms with Crippen molar-refractivity contribution in [1.82, 2.24) is 9.80 Å². The predicted octanol–water partition coefficient (Wildman–Crippen LogP) is 3.22. The van der Waals surface area contributed by atoms with E-state index < -0.39 is 0 Å². The van der Waals surface area contributed by atoms with Gasteiger partial charge in [0.05, 0.1) is 13.5 Å². The fourth-order valence-electron chi connectivity index (χ4n) is 4.15. The minimum absolute atomic E-state index is 0.110. The lowest BCUT2D eigenvalue weighted by Crippen LogP contribution is -2.52. The first-order valence-corrected chi connectivity index (χ1v) is 10.2. The van der Waals surface area contributed by atoms with E-state index in [0.717, 1.165) is 24.2 Å². The van der Waals surface area contributed by atoms with Gasteiger partial charge >= 0.3 is 0 Å². The van der Waals surface area contributed by atoms with Crippen LogP contribution in [0.2, 0.25) is 0 Å². The molecule has 0 spiro atoms. The summed E-state index contributed by atoms with van der Waals surface area (Å²) in [6.07, 6.45) is 4.75. The van der Waals surface area contributed by atoms with Gasteiger partial charge in [-0.2, -0.15) is 0 Å². The highest BCUT2D eigenvalue weighted by Crippen LogP contribution is 2.28. The summed E-state index contributed by atoms with van der Waals surface area (Å²) >= 11 is 0. The Morgan fingerprint density at radius 3 is 2.30 bits per heavy atom. The van der Waals surface area contributed by atoms with Crippen molar-refractivity contribution in [2.75, 3.05) is 33.3 Å². The number of piperazine rings is 1. The number of nitrogens with zero attached hydrogens (tertiary/aromatic N) is 2. The number of amides is 2. The SMILES string of the molecule is COc1cc(C(C)C)ccc1CC(=O)N1CCN(C(=O)C2CCCC2)CC1. The van der Waals surface area contributed by atoms with E-state index in [1.807, 2.05) is 21.9 Å². The van der Waals surface area contributed by atoms with Gasteiger partial charge < -0.3 is 14.5 Å². The fourth-order valence-corrected chi connectivity index (χ4v) is 4.15. The summed E-state index contributed by atoms with van der Waals surface area (Å²) in [5.74, 6) is 1.83. The van der Waals surface area contributed by atoms with E-state index >= 15 is 0 Å². The third-order valence-electron chi connectivity index (χ3n) is 5.97. The Bertz CT molecular complexity index is 672. The van der Waals surface area contributed by atoms with Gasteiger partial charge in [0.2, 0.25) is 11.8 Å². The summed E-state index contributed by atoms with van der Waals surface area (Å²) < 4.78 is 5.51. The van der Waals surface area contributed by atoms with Crippen molar-refractivity contribution in [2.24, 2.45) is 5.92 Å². The molecular weight excluding hydrogens is 340 g/mol. The van der Waals surface area contributed by atoms with Gasteiger partial charge in [0.15, 0.2) is 0 Å². The fraction of sp³-hybridized carbons (Fsp3) is 0.636. The zero-order chi connectivity index (χ0) is 19.4. The van der Waals surface area contributed by atoms with Gasteiger partial charge in [0.1, 0.15) is 5.75 Å². The first-order valence-electron chi connectivity index (χ1n) is 10.2. The molecule has 2 aliphatic rings. The van der Waals surface area contributed by atoms with Crippen LogP contribution in [0.5, 0.6) is 5.75 Å². The van der Waals surface area contributed by atoms with Gasteiger partial charge in [-0.25, -0.2) is 0 Å². The van der Waals surface area contributed by atoms with Crippen molar-refractivity contribution in [2.45, 2.75) is 51.9 Å². The molecule has 0 bridgehead atoms. The number of hydrogen-bond donors (Lipinski definition) is 0. The van der Waals surface area contributed by atoms with E-state index in [2.05, 4.69) is 19.9 Å². The lowest BCUT2D eigenvalue weighted by molar-refractivity contribution is -0.141. The molecule has 0 atom stereocenters. The van der Waals surface area contributed by atoms with Gasteiger partial charge in [-0.1, -0.05) is 38.8 Å². The molecule has 2 fully saturated rings. The highest BCUT2D eigenvalue weighted by molar-refractivity contribution is 5.81. The van der Waals surface area contributed by atoms with Crippen LogP contribution in [0.1, 0.15) is 56.6 Å². The second-order valence-corrected chi connectivity index (χ2v) is 8.09. The first-order chi connectivity index (χ1) is 13.0. The van der Waals surface area contributed by atoms with E-state index in [1.54, 1.807) is 7.11 Å². The van der Waals surface area contributed by atoms with Crippen molar-refractivity contribution < 1.29 is 14.3 Å². The van der Waals surface area contributed by atoms with Crippen LogP contribution >= 0.6 is 0 Å². The Morgan fingerprint density at radius 2 is 1.70 bits per heavy atom. The standard InChI is InChI=1S/C22H32N2O3/c1-16(2)18-8-9-19(20(14-18)27-3)15-21(25)23-10-12-24(13-11-23)22(26)17-6-4-5-7-17/h8-9,14,16-17H,4-7,10-13,15H2,1-3H3. The van der Waals surface area contributed by atoms with Crippen molar-refractivity contribution in [1.29, 1.82) is 0 Å². The molecular formula is C22H32N2O3. The number of carbonyl (C=O) groups excluding carboxylic acids is 2. The molecule has 3 rings (SSSR count). The number of hydrogen-bond acceptors (Lipinski definition) is 3. The van der Waals surface area contributed by atoms with Crippen molar-refractivity contribution in [3.63, 3.8) is 0 Å². The van der Waals surface area contributed by atoms with Crippen molar-refractivity contribution >= 4 is 11.8 Å². The number of ether oxygens (including phenoxy) is 1. The minimum Gasteiger partial charge on any atom is -0.496 e. The number of carbonyl (C=O) groups is 2. The topological polar surface area (TPSA) is 49.9 Å². The Kier molecular flexibility index (Phi) is 6.40. The summed E-state index contributed by atoms with van der Waals surface area (Å²) in [7, 11) is 1.65. The maximum Gasteiger partial charge on any atom is 0.227 e. The summed E-state index contributed by atoms with van der Waals surface area (Å²) in [5.41, 5.74) is 2.14. The normalized spacial score (nSPS) is 18.2. The number of rotatable bonds is 5.